The molecule has 0 aromatic carbocycles. The quantitative estimate of drug-likeness (QED) is 0.861. The number of aliphatic carboxylic acids is 1. The number of carboxylic acid groups (broad SMARTS) is 1. The van der Waals surface area contributed by atoms with Crippen molar-refractivity contribution in [3.63, 3.8) is 0 Å². The summed E-state index contributed by atoms with van der Waals surface area (Å²) in [5.41, 5.74) is 0.474. The lowest BCUT2D eigenvalue weighted by molar-refractivity contribution is -0.142. The second-order valence-electron chi connectivity index (χ2n) is 6.26. The number of carbonyl (C=O) groups is 2. The molecule has 0 saturated heterocycles. The topological polar surface area (TPSA) is 84.2 Å². The first-order chi connectivity index (χ1) is 9.11. The third kappa shape index (κ3) is 4.36. The average Bonchev–Trinajstić information content (AvgIpc) is 2.70. The molecule has 2 N–H and O–H groups in total. The smallest absolute Gasteiger partial charge is 0.331 e. The number of carbonyl (C=O) groups excluding carboxylic acids is 1. The highest BCUT2D eigenvalue weighted by molar-refractivity contribution is 5.84. The van der Waals surface area contributed by atoms with Gasteiger partial charge in [-0.05, 0) is 11.3 Å². The zero-order chi connectivity index (χ0) is 15.5. The summed E-state index contributed by atoms with van der Waals surface area (Å²) in [6.07, 6.45) is 3.34. The van der Waals surface area contributed by atoms with Crippen molar-refractivity contribution in [1.29, 1.82) is 0 Å². The molecule has 2 unspecified atom stereocenters. The predicted octanol–water partition coefficient (Wildman–Crippen LogP) is 1.73. The molecule has 1 heterocycles. The highest BCUT2D eigenvalue weighted by Gasteiger charge is 2.27. The number of nitrogens with zero attached hydrogens (tertiary/aromatic N) is 2. The lowest BCUT2D eigenvalue weighted by Crippen LogP contribution is -2.35. The summed E-state index contributed by atoms with van der Waals surface area (Å²) < 4.78 is 1.51. The second-order valence-corrected chi connectivity index (χ2v) is 6.26. The van der Waals surface area contributed by atoms with E-state index in [1.807, 2.05) is 6.92 Å². The first-order valence-electron chi connectivity index (χ1n) is 6.62. The monoisotopic (exact) mass is 281 g/mol. The fourth-order valence-electron chi connectivity index (χ4n) is 1.68. The van der Waals surface area contributed by atoms with Crippen LogP contribution in [0.5, 0.6) is 0 Å². The standard InChI is InChI=1S/C14H23N3O3/c1-9(14(2,3)4)6-11(18)16-12(13(19)20)10-7-15-17(5)8-10/h7-9,12H,6H2,1-5H3,(H,16,18)(H,19,20). The molecule has 1 rings (SSSR count). The van der Waals surface area contributed by atoms with E-state index in [1.54, 1.807) is 13.2 Å². The molecular formula is C14H23N3O3. The lowest BCUT2D eigenvalue weighted by Gasteiger charge is -2.27. The van der Waals surface area contributed by atoms with Gasteiger partial charge in [0.1, 0.15) is 0 Å². The van der Waals surface area contributed by atoms with E-state index < -0.39 is 12.0 Å². The molecule has 0 spiro atoms. The molecule has 6 heteroatoms. The van der Waals surface area contributed by atoms with Crippen molar-refractivity contribution >= 4 is 11.9 Å². The van der Waals surface area contributed by atoms with Crippen LogP contribution in [0.15, 0.2) is 12.4 Å². The zero-order valence-corrected chi connectivity index (χ0v) is 12.7. The highest BCUT2D eigenvalue weighted by atomic mass is 16.4. The highest BCUT2D eigenvalue weighted by Crippen LogP contribution is 2.28. The van der Waals surface area contributed by atoms with Crippen LogP contribution < -0.4 is 5.32 Å². The molecule has 112 valence electrons. The van der Waals surface area contributed by atoms with Crippen LogP contribution in [0.3, 0.4) is 0 Å². The lowest BCUT2D eigenvalue weighted by atomic mass is 9.80. The van der Waals surface area contributed by atoms with Crippen LogP contribution in [-0.4, -0.2) is 26.8 Å². The van der Waals surface area contributed by atoms with Gasteiger partial charge in [-0.25, -0.2) is 4.79 Å². The van der Waals surface area contributed by atoms with Crippen LogP contribution in [0.2, 0.25) is 0 Å². The first-order valence-corrected chi connectivity index (χ1v) is 6.62. The summed E-state index contributed by atoms with van der Waals surface area (Å²) in [7, 11) is 1.70. The number of amides is 1. The molecule has 0 aliphatic carbocycles. The number of aryl methyl sites for hydroxylation is 1. The Morgan fingerprint density at radius 2 is 2.05 bits per heavy atom. The molecule has 1 aromatic heterocycles. The first kappa shape index (κ1) is 16.2. The van der Waals surface area contributed by atoms with Gasteiger partial charge >= 0.3 is 5.97 Å². The van der Waals surface area contributed by atoms with Gasteiger partial charge in [0.15, 0.2) is 6.04 Å². The largest absolute Gasteiger partial charge is 0.479 e. The zero-order valence-electron chi connectivity index (χ0n) is 12.7. The fourth-order valence-corrected chi connectivity index (χ4v) is 1.68. The van der Waals surface area contributed by atoms with E-state index >= 15 is 0 Å². The van der Waals surface area contributed by atoms with Crippen molar-refractivity contribution < 1.29 is 14.7 Å². The maximum Gasteiger partial charge on any atom is 0.331 e. The summed E-state index contributed by atoms with van der Waals surface area (Å²) in [5, 5.41) is 15.7. The Hall–Kier alpha value is -1.85. The van der Waals surface area contributed by atoms with Crippen molar-refractivity contribution in [3.05, 3.63) is 18.0 Å². The number of hydrogen-bond donors (Lipinski definition) is 2. The average molecular weight is 281 g/mol. The van der Waals surface area contributed by atoms with Gasteiger partial charge in [0, 0.05) is 25.2 Å². The Kier molecular flexibility index (Phi) is 4.92. The molecule has 0 aliphatic heterocycles. The molecule has 20 heavy (non-hydrogen) atoms. The Morgan fingerprint density at radius 1 is 1.45 bits per heavy atom. The minimum Gasteiger partial charge on any atom is -0.479 e. The second kappa shape index (κ2) is 6.07. The van der Waals surface area contributed by atoms with Gasteiger partial charge in [-0.1, -0.05) is 27.7 Å². The van der Waals surface area contributed by atoms with Crippen LogP contribution in [0, 0.1) is 11.3 Å². The van der Waals surface area contributed by atoms with E-state index in [-0.39, 0.29) is 17.2 Å². The molecule has 6 nitrogen and oxygen atoms in total. The normalized spacial score (nSPS) is 14.7. The predicted molar refractivity (Wildman–Crippen MR) is 75.0 cm³/mol. The number of nitrogens with one attached hydrogen (secondary N) is 1. The van der Waals surface area contributed by atoms with Gasteiger partial charge in [0.05, 0.1) is 6.20 Å². The summed E-state index contributed by atoms with van der Waals surface area (Å²) in [6, 6.07) is -1.05. The maximum atomic E-state index is 12.0. The van der Waals surface area contributed by atoms with Crippen molar-refractivity contribution in [2.75, 3.05) is 0 Å². The number of aromatic nitrogens is 2. The van der Waals surface area contributed by atoms with Crippen molar-refractivity contribution in [1.82, 2.24) is 15.1 Å². The molecule has 0 fully saturated rings. The van der Waals surface area contributed by atoms with E-state index in [4.69, 9.17) is 0 Å². The summed E-state index contributed by atoms with van der Waals surface area (Å²) in [6.45, 7) is 8.15. The van der Waals surface area contributed by atoms with Crippen LogP contribution in [-0.2, 0) is 16.6 Å². The van der Waals surface area contributed by atoms with Gasteiger partial charge in [-0.15, -0.1) is 0 Å². The molecule has 1 amide bonds. The molecule has 0 bridgehead atoms. The Labute approximate surface area is 119 Å². The molecule has 0 saturated carbocycles. The summed E-state index contributed by atoms with van der Waals surface area (Å²) in [4.78, 5) is 23.3. The van der Waals surface area contributed by atoms with Crippen LogP contribution >= 0.6 is 0 Å². The third-order valence-corrected chi connectivity index (χ3v) is 3.58. The number of carboxylic acids is 1. The van der Waals surface area contributed by atoms with E-state index in [1.165, 1.54) is 10.9 Å². The van der Waals surface area contributed by atoms with Gasteiger partial charge in [0.2, 0.25) is 5.91 Å². The van der Waals surface area contributed by atoms with Gasteiger partial charge in [0.25, 0.3) is 0 Å². The van der Waals surface area contributed by atoms with Crippen LogP contribution in [0.25, 0.3) is 0 Å². The van der Waals surface area contributed by atoms with E-state index in [2.05, 4.69) is 31.2 Å². The molecule has 1 aromatic rings. The van der Waals surface area contributed by atoms with Crippen LogP contribution in [0.1, 0.15) is 45.7 Å². The van der Waals surface area contributed by atoms with E-state index in [9.17, 15) is 14.7 Å². The molecule has 0 aliphatic rings. The van der Waals surface area contributed by atoms with Crippen molar-refractivity contribution in [2.45, 2.75) is 40.2 Å². The Balaban J connectivity index is 2.72. The number of hydrogen-bond acceptors (Lipinski definition) is 3. The summed E-state index contributed by atoms with van der Waals surface area (Å²) in [5.74, 6) is -1.19. The third-order valence-electron chi connectivity index (χ3n) is 3.58. The van der Waals surface area contributed by atoms with E-state index in [0.29, 0.717) is 12.0 Å². The summed E-state index contributed by atoms with van der Waals surface area (Å²) >= 11 is 0. The van der Waals surface area contributed by atoms with Gasteiger partial charge in [-0.3, -0.25) is 9.48 Å². The van der Waals surface area contributed by atoms with Gasteiger partial charge in [-0.2, -0.15) is 5.10 Å². The maximum absolute atomic E-state index is 12.0. The fraction of sp³-hybridized carbons (Fsp3) is 0.643. The van der Waals surface area contributed by atoms with Crippen molar-refractivity contribution in [3.8, 4) is 0 Å². The van der Waals surface area contributed by atoms with Crippen molar-refractivity contribution in [2.24, 2.45) is 18.4 Å². The molecular weight excluding hydrogens is 258 g/mol. The minimum atomic E-state index is -1.09. The number of rotatable bonds is 5. The van der Waals surface area contributed by atoms with E-state index in [0.717, 1.165) is 0 Å². The SMILES string of the molecule is CC(CC(=O)NC(C(=O)O)c1cnn(C)c1)C(C)(C)C. The molecule has 2 atom stereocenters. The molecule has 0 radical (unpaired) electrons. The van der Waals surface area contributed by atoms with Crippen LogP contribution in [0.4, 0.5) is 0 Å². The minimum absolute atomic E-state index is 0.00433. The van der Waals surface area contributed by atoms with Gasteiger partial charge < -0.3 is 10.4 Å². The Bertz CT molecular complexity index is 488. The Morgan fingerprint density at radius 3 is 2.45 bits per heavy atom.